The summed E-state index contributed by atoms with van der Waals surface area (Å²) in [6.45, 7) is 6.95. The van der Waals surface area contributed by atoms with E-state index in [1.165, 1.54) is 5.20 Å². The Morgan fingerprint density at radius 3 is 1.94 bits per heavy atom. The van der Waals surface area contributed by atoms with Crippen LogP contribution in [-0.4, -0.2) is 23.3 Å². The number of anilines is 1. The van der Waals surface area contributed by atoms with Crippen LogP contribution in [0.25, 0.3) is 10.9 Å². The number of fused-ring (bicyclic) bond motifs is 5. The topological polar surface area (TPSA) is 40.5 Å². The highest BCUT2D eigenvalue weighted by atomic mass is 35.6. The molecule has 7 heteroatoms. The first kappa shape index (κ1) is 24.1. The third-order valence-corrected chi connectivity index (χ3v) is 7.87. The maximum absolute atomic E-state index is 13.5. The van der Waals surface area contributed by atoms with Crippen molar-refractivity contribution in [2.24, 2.45) is 0 Å². The fourth-order valence-corrected chi connectivity index (χ4v) is 6.72. The Hall–Kier alpha value is -2.08. The van der Waals surface area contributed by atoms with Crippen molar-refractivity contribution < 1.29 is 9.90 Å². The van der Waals surface area contributed by atoms with Crippen LogP contribution in [0.2, 0.25) is 19.6 Å². The first-order valence-electron chi connectivity index (χ1n) is 10.6. The van der Waals surface area contributed by atoms with E-state index in [4.69, 9.17) is 34.8 Å². The molecule has 5 rings (SSSR count). The lowest BCUT2D eigenvalue weighted by molar-refractivity contribution is 0.0376. The van der Waals surface area contributed by atoms with E-state index in [0.29, 0.717) is 11.1 Å². The molecule has 2 aliphatic heterocycles. The van der Waals surface area contributed by atoms with Gasteiger partial charge < -0.3 is 10.0 Å². The summed E-state index contributed by atoms with van der Waals surface area (Å²) in [5, 5.41) is 13.3. The van der Waals surface area contributed by atoms with Gasteiger partial charge >= 0.3 is 0 Å². The first-order chi connectivity index (χ1) is 15.6. The van der Waals surface area contributed by atoms with Crippen LogP contribution < -0.4 is 4.90 Å². The molecule has 0 spiro atoms. The van der Waals surface area contributed by atoms with E-state index < -0.39 is 18.1 Å². The number of ketones is 1. The van der Waals surface area contributed by atoms with Crippen molar-refractivity contribution in [1.29, 1.82) is 0 Å². The maximum atomic E-state index is 13.5. The van der Waals surface area contributed by atoms with E-state index in [0.717, 1.165) is 22.5 Å². The van der Waals surface area contributed by atoms with E-state index in [-0.39, 0.29) is 5.78 Å². The predicted octanol–water partition coefficient (Wildman–Crippen LogP) is 7.28. The Kier molecular flexibility index (Phi) is 6.51. The molecule has 33 heavy (non-hydrogen) atoms. The molecule has 0 aromatic heterocycles. The molecule has 0 bridgehead atoms. The number of alkyl halides is 3. The number of para-hydroxylation sites is 1. The van der Waals surface area contributed by atoms with E-state index in [2.05, 4.69) is 37.8 Å². The normalized spacial score (nSPS) is 19.0. The number of carbonyl (C=O) groups excluding carboxylic acids is 1. The Morgan fingerprint density at radius 2 is 1.33 bits per heavy atom. The lowest BCUT2D eigenvalue weighted by Gasteiger charge is -2.45. The number of nitrogens with zero attached hydrogens (tertiary/aromatic N) is 1. The van der Waals surface area contributed by atoms with Gasteiger partial charge in [-0.15, -0.1) is 0 Å². The fourth-order valence-electron chi connectivity index (χ4n) is 4.72. The van der Waals surface area contributed by atoms with Crippen LogP contribution in [0.15, 0.2) is 78.9 Å². The molecule has 2 aliphatic rings. The molecule has 3 aromatic rings. The van der Waals surface area contributed by atoms with E-state index >= 15 is 0 Å². The van der Waals surface area contributed by atoms with Crippen LogP contribution in [0, 0.1) is 0 Å². The second-order valence-electron chi connectivity index (χ2n) is 8.99. The van der Waals surface area contributed by atoms with Crippen molar-refractivity contribution in [1.82, 2.24) is 0 Å². The van der Waals surface area contributed by atoms with Gasteiger partial charge in [-0.3, -0.25) is 4.79 Å². The minimum Gasteiger partial charge on any atom is -0.360 e. The van der Waals surface area contributed by atoms with Gasteiger partial charge in [0, 0.05) is 11.1 Å². The van der Waals surface area contributed by atoms with Crippen molar-refractivity contribution in [3.63, 3.8) is 0 Å². The van der Waals surface area contributed by atoms with Crippen LogP contribution >= 0.6 is 34.8 Å². The van der Waals surface area contributed by atoms with Crippen LogP contribution in [0.4, 0.5) is 5.69 Å². The number of hydrogen-bond acceptors (Lipinski definition) is 3. The number of aliphatic hydroxyl groups is 1. The lowest BCUT2D eigenvalue weighted by Crippen LogP contribution is -2.51. The van der Waals surface area contributed by atoms with Crippen LogP contribution in [0.1, 0.15) is 27.0 Å². The summed E-state index contributed by atoms with van der Waals surface area (Å²) in [6, 6.07) is 25.5. The molecular formula is C26H24Cl3NO2Si. The predicted molar refractivity (Wildman–Crippen MR) is 142 cm³/mol. The first-order valence-corrected chi connectivity index (χ1v) is 15.4. The van der Waals surface area contributed by atoms with Gasteiger partial charge in [0.15, 0.2) is 4.30 Å². The van der Waals surface area contributed by atoms with Crippen LogP contribution in [0.5, 0.6) is 0 Å². The quantitative estimate of drug-likeness (QED) is 0.287. The highest BCUT2D eigenvalue weighted by Gasteiger charge is 2.57. The largest absolute Gasteiger partial charge is 0.360 e. The van der Waals surface area contributed by atoms with E-state index in [1.807, 2.05) is 65.6 Å². The average Bonchev–Trinajstić information content (AvgIpc) is 3.00. The molecule has 0 amide bonds. The number of carbonyl (C=O) groups is 1. The summed E-state index contributed by atoms with van der Waals surface area (Å²) in [5.41, 5.74) is 3.24. The van der Waals surface area contributed by atoms with Crippen molar-refractivity contribution in [2.75, 3.05) is 4.90 Å². The SMILES string of the molecule is C[Si](C)(C)C1=C(c2ccccc2)N2c3ccccc3C(=O)[C@]2(O)c2ccccc21.ClC(Cl)Cl. The zero-order valence-corrected chi connectivity index (χ0v) is 21.8. The number of Topliss-reactive ketones (excluding diaryl/α,β-unsaturated/α-hetero) is 1. The summed E-state index contributed by atoms with van der Waals surface area (Å²) >= 11 is 14.4. The zero-order valence-electron chi connectivity index (χ0n) is 18.5. The highest BCUT2D eigenvalue weighted by molar-refractivity contribution is 6.95. The molecule has 0 aliphatic carbocycles. The van der Waals surface area contributed by atoms with Gasteiger partial charge in [-0.05, 0) is 28.5 Å². The van der Waals surface area contributed by atoms with Gasteiger partial charge in [0.2, 0.25) is 11.5 Å². The summed E-state index contributed by atoms with van der Waals surface area (Å²) in [5.74, 6) is -0.261. The standard InChI is InChI=1S/C25H23NO2Si.CHCl3/c1-29(2,3)23-18-13-7-9-15-20(18)25(28)24(27)19-14-8-10-16-21(19)26(25)22(23)17-11-5-4-6-12-17;2-1(3)4/h4-16,28H,1-3H3;1H/t25-;/m1./s1. The second kappa shape index (κ2) is 8.93. The summed E-state index contributed by atoms with van der Waals surface area (Å²) in [7, 11) is -1.87. The molecule has 170 valence electrons. The van der Waals surface area contributed by atoms with Gasteiger partial charge in [-0.1, -0.05) is 121 Å². The van der Waals surface area contributed by atoms with Crippen molar-refractivity contribution in [3.8, 4) is 0 Å². The number of hydrogen-bond donors (Lipinski definition) is 1. The molecule has 3 nitrogen and oxygen atoms in total. The number of benzene rings is 3. The lowest BCUT2D eigenvalue weighted by atomic mass is 9.87. The van der Waals surface area contributed by atoms with E-state index in [1.54, 1.807) is 0 Å². The second-order valence-corrected chi connectivity index (χ2v) is 16.0. The van der Waals surface area contributed by atoms with Crippen molar-refractivity contribution >= 4 is 65.2 Å². The average molecular weight is 517 g/mol. The molecule has 0 saturated carbocycles. The van der Waals surface area contributed by atoms with Crippen LogP contribution in [0.3, 0.4) is 0 Å². The molecule has 1 N–H and O–H groups in total. The summed E-state index contributed by atoms with van der Waals surface area (Å²) in [4.78, 5) is 15.4. The molecule has 2 heterocycles. The Balaban J connectivity index is 0.000000601. The summed E-state index contributed by atoms with van der Waals surface area (Å²) in [6.07, 6.45) is 0. The minimum absolute atomic E-state index is 0.261. The summed E-state index contributed by atoms with van der Waals surface area (Å²) < 4.78 is -0.750. The molecule has 0 saturated heterocycles. The number of rotatable bonds is 2. The van der Waals surface area contributed by atoms with Gasteiger partial charge in [0.25, 0.3) is 0 Å². The van der Waals surface area contributed by atoms with Crippen LogP contribution in [-0.2, 0) is 5.72 Å². The van der Waals surface area contributed by atoms with Gasteiger partial charge in [0.1, 0.15) is 0 Å². The van der Waals surface area contributed by atoms with E-state index in [9.17, 15) is 9.90 Å². The number of halogens is 3. The third-order valence-electron chi connectivity index (χ3n) is 5.86. The monoisotopic (exact) mass is 515 g/mol. The Labute approximate surface area is 210 Å². The minimum atomic E-state index is -1.87. The Morgan fingerprint density at radius 1 is 0.818 bits per heavy atom. The zero-order chi connectivity index (χ0) is 24.0. The van der Waals surface area contributed by atoms with Gasteiger partial charge in [0.05, 0.1) is 19.5 Å². The molecule has 0 radical (unpaired) electrons. The third kappa shape index (κ3) is 4.05. The Bertz CT molecular complexity index is 1230. The molecule has 1 atom stereocenters. The maximum Gasteiger partial charge on any atom is 0.235 e. The fraction of sp³-hybridized carbons (Fsp3) is 0.192. The molecule has 0 unspecified atom stereocenters. The molecule has 0 fully saturated rings. The molecule has 3 aromatic carbocycles. The highest BCUT2D eigenvalue weighted by Crippen LogP contribution is 2.55. The van der Waals surface area contributed by atoms with Gasteiger partial charge in [-0.25, -0.2) is 0 Å². The smallest absolute Gasteiger partial charge is 0.235 e. The van der Waals surface area contributed by atoms with Crippen molar-refractivity contribution in [3.05, 3.63) is 101 Å². The molecular weight excluding hydrogens is 493 g/mol. The van der Waals surface area contributed by atoms with Crippen molar-refractivity contribution in [2.45, 2.75) is 29.7 Å². The van der Waals surface area contributed by atoms with Gasteiger partial charge in [-0.2, -0.15) is 0 Å².